The predicted octanol–water partition coefficient (Wildman–Crippen LogP) is 3.59. The van der Waals surface area contributed by atoms with Crippen molar-refractivity contribution in [1.82, 2.24) is 5.32 Å². The highest BCUT2D eigenvalue weighted by atomic mass is 16.5. The molecule has 0 saturated heterocycles. The maximum absolute atomic E-state index is 12.4. The maximum atomic E-state index is 12.4. The number of amides is 1. The fourth-order valence-electron chi connectivity index (χ4n) is 3.47. The summed E-state index contributed by atoms with van der Waals surface area (Å²) >= 11 is 0. The minimum atomic E-state index is -1.00. The van der Waals surface area contributed by atoms with Gasteiger partial charge in [0.25, 0.3) is 5.91 Å². The molecule has 1 saturated carbocycles. The first-order chi connectivity index (χ1) is 12.1. The van der Waals surface area contributed by atoms with Gasteiger partial charge in [0, 0.05) is 5.39 Å². The number of furan rings is 1. The first-order valence-corrected chi connectivity index (χ1v) is 8.68. The molecule has 3 rings (SSSR count). The number of hydrogen-bond acceptors (Lipinski definition) is 4. The van der Waals surface area contributed by atoms with E-state index in [4.69, 9.17) is 9.15 Å². The van der Waals surface area contributed by atoms with Crippen molar-refractivity contribution in [1.29, 1.82) is 0 Å². The lowest BCUT2D eigenvalue weighted by atomic mass is 9.85. The molecule has 1 aliphatic carbocycles. The van der Waals surface area contributed by atoms with Gasteiger partial charge in [-0.2, -0.15) is 0 Å². The number of methoxy groups -OCH3 is 1. The van der Waals surface area contributed by atoms with E-state index < -0.39 is 17.9 Å². The highest BCUT2D eigenvalue weighted by molar-refractivity contribution is 5.98. The third-order valence-corrected chi connectivity index (χ3v) is 4.84. The largest absolute Gasteiger partial charge is 0.497 e. The van der Waals surface area contributed by atoms with Crippen LogP contribution in [0.3, 0.4) is 0 Å². The molecule has 6 heteroatoms. The van der Waals surface area contributed by atoms with Crippen LogP contribution < -0.4 is 10.1 Å². The molecule has 1 amide bonds. The van der Waals surface area contributed by atoms with Crippen molar-refractivity contribution in [3.63, 3.8) is 0 Å². The second-order valence-corrected chi connectivity index (χ2v) is 6.62. The minimum absolute atomic E-state index is 0.109. The molecule has 1 heterocycles. The fraction of sp³-hybridized carbons (Fsp3) is 0.474. The molecule has 1 aromatic heterocycles. The van der Waals surface area contributed by atoms with Crippen LogP contribution in [0.5, 0.6) is 5.75 Å². The topological polar surface area (TPSA) is 88.8 Å². The molecule has 25 heavy (non-hydrogen) atoms. The van der Waals surface area contributed by atoms with Crippen LogP contribution in [0, 0.1) is 5.92 Å². The number of carboxylic acid groups (broad SMARTS) is 1. The summed E-state index contributed by atoms with van der Waals surface area (Å²) in [6.45, 7) is 0. The zero-order chi connectivity index (χ0) is 17.8. The van der Waals surface area contributed by atoms with Crippen LogP contribution in [-0.2, 0) is 4.79 Å². The molecule has 1 aromatic carbocycles. The smallest absolute Gasteiger partial charge is 0.326 e. The molecule has 6 nitrogen and oxygen atoms in total. The molecule has 0 unspecified atom stereocenters. The predicted molar refractivity (Wildman–Crippen MR) is 92.8 cm³/mol. The van der Waals surface area contributed by atoms with Gasteiger partial charge in [0.2, 0.25) is 0 Å². The molecular formula is C19H23NO5. The van der Waals surface area contributed by atoms with E-state index in [9.17, 15) is 14.7 Å². The number of carbonyl (C=O) groups is 2. The number of nitrogens with one attached hydrogen (secondary N) is 1. The SMILES string of the molecule is COc1ccc2oc(C(=O)N[C@@H](CC3CCCCC3)C(=O)O)cc2c1. The van der Waals surface area contributed by atoms with Crippen LogP contribution in [0.25, 0.3) is 11.0 Å². The molecule has 0 bridgehead atoms. The highest BCUT2D eigenvalue weighted by Gasteiger charge is 2.27. The molecule has 0 radical (unpaired) electrons. The number of carboxylic acids is 1. The van der Waals surface area contributed by atoms with Gasteiger partial charge in [0.05, 0.1) is 7.11 Å². The standard InChI is InChI=1S/C19H23NO5/c1-24-14-7-8-16-13(10-14)11-17(25-16)18(21)20-15(19(22)23)9-12-5-3-2-4-6-12/h7-8,10-12,15H,2-6,9H2,1H3,(H,20,21)(H,22,23)/t15-/m0/s1. The zero-order valence-corrected chi connectivity index (χ0v) is 14.3. The maximum Gasteiger partial charge on any atom is 0.326 e. The first kappa shape index (κ1) is 17.3. The Morgan fingerprint density at radius 1 is 1.28 bits per heavy atom. The summed E-state index contributed by atoms with van der Waals surface area (Å²) in [5.41, 5.74) is 0.560. The first-order valence-electron chi connectivity index (χ1n) is 8.68. The molecule has 1 fully saturated rings. The molecule has 1 aliphatic rings. The van der Waals surface area contributed by atoms with E-state index in [1.165, 1.54) is 6.42 Å². The van der Waals surface area contributed by atoms with Gasteiger partial charge in [-0.1, -0.05) is 32.1 Å². The summed E-state index contributed by atoms with van der Waals surface area (Å²) in [7, 11) is 1.57. The van der Waals surface area contributed by atoms with Crippen molar-refractivity contribution in [3.8, 4) is 5.75 Å². The normalized spacial score (nSPS) is 16.5. The summed E-state index contributed by atoms with van der Waals surface area (Å²) in [6.07, 6.45) is 6.01. The summed E-state index contributed by atoms with van der Waals surface area (Å²) in [4.78, 5) is 24.0. The van der Waals surface area contributed by atoms with E-state index in [1.807, 2.05) is 0 Å². The van der Waals surface area contributed by atoms with Gasteiger partial charge in [-0.25, -0.2) is 4.79 Å². The Morgan fingerprint density at radius 2 is 2.04 bits per heavy atom. The van der Waals surface area contributed by atoms with Gasteiger partial charge >= 0.3 is 5.97 Å². The molecule has 2 N–H and O–H groups in total. The van der Waals surface area contributed by atoms with E-state index in [-0.39, 0.29) is 5.76 Å². The summed E-state index contributed by atoms with van der Waals surface area (Å²) in [5, 5.41) is 12.8. The fourth-order valence-corrected chi connectivity index (χ4v) is 3.47. The van der Waals surface area contributed by atoms with Crippen molar-refractivity contribution in [3.05, 3.63) is 30.0 Å². The lowest BCUT2D eigenvalue weighted by Crippen LogP contribution is -2.42. The van der Waals surface area contributed by atoms with E-state index in [0.29, 0.717) is 23.7 Å². The Kier molecular flexibility index (Phi) is 5.26. The molecule has 2 aromatic rings. The van der Waals surface area contributed by atoms with Crippen molar-refractivity contribution in [2.45, 2.75) is 44.6 Å². The van der Waals surface area contributed by atoms with Crippen LogP contribution in [0.4, 0.5) is 0 Å². The van der Waals surface area contributed by atoms with Crippen molar-refractivity contribution in [2.24, 2.45) is 5.92 Å². The van der Waals surface area contributed by atoms with Gasteiger partial charge in [0.15, 0.2) is 5.76 Å². The second-order valence-electron chi connectivity index (χ2n) is 6.62. The van der Waals surface area contributed by atoms with E-state index >= 15 is 0 Å². The molecule has 134 valence electrons. The Balaban J connectivity index is 1.71. The van der Waals surface area contributed by atoms with Gasteiger partial charge in [-0.15, -0.1) is 0 Å². The van der Waals surface area contributed by atoms with Gasteiger partial charge in [-0.05, 0) is 36.6 Å². The van der Waals surface area contributed by atoms with Crippen LogP contribution >= 0.6 is 0 Å². The number of aliphatic carboxylic acids is 1. The number of hydrogen-bond donors (Lipinski definition) is 2. The quantitative estimate of drug-likeness (QED) is 0.835. The van der Waals surface area contributed by atoms with Gasteiger partial charge in [-0.3, -0.25) is 4.79 Å². The minimum Gasteiger partial charge on any atom is -0.497 e. The average molecular weight is 345 g/mol. The highest BCUT2D eigenvalue weighted by Crippen LogP contribution is 2.28. The lowest BCUT2D eigenvalue weighted by Gasteiger charge is -2.24. The number of fused-ring (bicyclic) bond motifs is 1. The average Bonchev–Trinajstić information content (AvgIpc) is 3.05. The number of benzene rings is 1. The summed E-state index contributed by atoms with van der Waals surface area (Å²) in [6, 6.07) is 5.95. The van der Waals surface area contributed by atoms with Crippen LogP contribution in [0.15, 0.2) is 28.7 Å². The molecule has 1 atom stereocenters. The third kappa shape index (κ3) is 4.13. The number of ether oxygens (including phenoxy) is 1. The van der Waals surface area contributed by atoms with Crippen LogP contribution in [0.2, 0.25) is 0 Å². The van der Waals surface area contributed by atoms with E-state index in [2.05, 4.69) is 5.32 Å². The van der Waals surface area contributed by atoms with Crippen LogP contribution in [0.1, 0.15) is 49.1 Å². The van der Waals surface area contributed by atoms with Gasteiger partial charge in [0.1, 0.15) is 17.4 Å². The molecule has 0 spiro atoms. The summed E-state index contributed by atoms with van der Waals surface area (Å²) < 4.78 is 10.7. The van der Waals surface area contributed by atoms with E-state index in [1.54, 1.807) is 31.4 Å². The Labute approximate surface area is 146 Å². The zero-order valence-electron chi connectivity index (χ0n) is 14.3. The second kappa shape index (κ2) is 7.59. The molecule has 0 aliphatic heterocycles. The van der Waals surface area contributed by atoms with E-state index in [0.717, 1.165) is 31.1 Å². The monoisotopic (exact) mass is 345 g/mol. The van der Waals surface area contributed by atoms with Gasteiger partial charge < -0.3 is 19.6 Å². The van der Waals surface area contributed by atoms with Crippen molar-refractivity contribution in [2.75, 3.05) is 7.11 Å². The Morgan fingerprint density at radius 3 is 2.72 bits per heavy atom. The molecular weight excluding hydrogens is 322 g/mol. The number of carbonyl (C=O) groups excluding carboxylic acids is 1. The van der Waals surface area contributed by atoms with Crippen molar-refractivity contribution >= 4 is 22.8 Å². The number of rotatable bonds is 6. The lowest BCUT2D eigenvalue weighted by molar-refractivity contribution is -0.139. The van der Waals surface area contributed by atoms with Crippen LogP contribution in [-0.4, -0.2) is 30.1 Å². The Bertz CT molecular complexity index is 760. The Hall–Kier alpha value is -2.50. The van der Waals surface area contributed by atoms with Crippen molar-refractivity contribution < 1.29 is 23.8 Å². The third-order valence-electron chi connectivity index (χ3n) is 4.84. The summed E-state index contributed by atoms with van der Waals surface area (Å²) in [5.74, 6) is -0.371.